The first kappa shape index (κ1) is 19.7. The van der Waals surface area contributed by atoms with Crippen LogP contribution >= 0.6 is 0 Å². The van der Waals surface area contributed by atoms with E-state index in [1.54, 1.807) is 12.1 Å². The molecule has 1 aliphatic heterocycles. The molecule has 2 amide bonds. The first-order chi connectivity index (χ1) is 14.7. The number of hydrogen-bond donors (Lipinski definition) is 1. The highest BCUT2D eigenvalue weighted by Crippen LogP contribution is 2.21. The van der Waals surface area contributed by atoms with Crippen molar-refractivity contribution in [1.82, 2.24) is 5.32 Å². The lowest BCUT2D eigenvalue weighted by Gasteiger charge is -2.16. The second-order valence-electron chi connectivity index (χ2n) is 7.30. The van der Waals surface area contributed by atoms with Crippen molar-refractivity contribution in [2.75, 3.05) is 11.4 Å². The van der Waals surface area contributed by atoms with E-state index in [1.807, 2.05) is 71.6 Å². The van der Waals surface area contributed by atoms with Gasteiger partial charge in [-0.2, -0.15) is 0 Å². The molecule has 0 aliphatic carbocycles. The van der Waals surface area contributed by atoms with Gasteiger partial charge in [0.15, 0.2) is 0 Å². The zero-order valence-corrected chi connectivity index (χ0v) is 16.7. The topological polar surface area (TPSA) is 58.6 Å². The number of nitrogens with zero attached hydrogens (tertiary/aromatic N) is 1. The highest BCUT2D eigenvalue weighted by Gasteiger charge is 2.21. The van der Waals surface area contributed by atoms with Gasteiger partial charge in [0.05, 0.1) is 0 Å². The summed E-state index contributed by atoms with van der Waals surface area (Å²) in [7, 11) is 0. The van der Waals surface area contributed by atoms with Crippen LogP contribution in [0.2, 0.25) is 0 Å². The number of anilines is 1. The molecular formula is C25H24N2O3. The molecule has 4 rings (SSSR count). The summed E-state index contributed by atoms with van der Waals surface area (Å²) in [4.78, 5) is 26.2. The van der Waals surface area contributed by atoms with Crippen molar-refractivity contribution in [3.05, 3.63) is 95.6 Å². The standard InChI is InChI=1S/C25H24N2O3/c28-24-10-5-15-27(24)22-13-11-19(12-14-22)17-26-25(29)21-8-4-9-23(16-21)30-18-20-6-2-1-3-7-20/h1-4,6-9,11-14,16H,5,10,15,17-18H2,(H,26,29). The Bertz CT molecular complexity index is 1020. The van der Waals surface area contributed by atoms with Crippen molar-refractivity contribution >= 4 is 17.5 Å². The molecule has 0 bridgehead atoms. The van der Waals surface area contributed by atoms with Gasteiger partial charge >= 0.3 is 0 Å². The first-order valence-electron chi connectivity index (χ1n) is 10.1. The van der Waals surface area contributed by atoms with Crippen LogP contribution in [0, 0.1) is 0 Å². The number of benzene rings is 3. The molecule has 0 spiro atoms. The molecule has 0 unspecified atom stereocenters. The second kappa shape index (κ2) is 9.27. The summed E-state index contributed by atoms with van der Waals surface area (Å²) in [6.07, 6.45) is 1.52. The van der Waals surface area contributed by atoms with E-state index >= 15 is 0 Å². The number of amides is 2. The zero-order valence-electron chi connectivity index (χ0n) is 16.7. The molecule has 3 aromatic carbocycles. The van der Waals surface area contributed by atoms with Gasteiger partial charge in [0.1, 0.15) is 12.4 Å². The fourth-order valence-corrected chi connectivity index (χ4v) is 3.47. The van der Waals surface area contributed by atoms with Gasteiger partial charge in [-0.05, 0) is 47.9 Å². The van der Waals surface area contributed by atoms with E-state index in [-0.39, 0.29) is 11.8 Å². The van der Waals surface area contributed by atoms with Crippen LogP contribution in [0.3, 0.4) is 0 Å². The second-order valence-corrected chi connectivity index (χ2v) is 7.30. The molecule has 5 nitrogen and oxygen atoms in total. The number of ether oxygens (including phenoxy) is 1. The van der Waals surface area contributed by atoms with Gasteiger partial charge in [0.2, 0.25) is 5.91 Å². The van der Waals surface area contributed by atoms with Gasteiger partial charge < -0.3 is 15.0 Å². The van der Waals surface area contributed by atoms with Crippen LogP contribution in [0.4, 0.5) is 5.69 Å². The predicted octanol–water partition coefficient (Wildman–Crippen LogP) is 4.32. The van der Waals surface area contributed by atoms with E-state index in [9.17, 15) is 9.59 Å². The maximum atomic E-state index is 12.5. The summed E-state index contributed by atoms with van der Waals surface area (Å²) in [6.45, 7) is 1.65. The third kappa shape index (κ3) is 4.87. The molecular weight excluding hydrogens is 376 g/mol. The molecule has 3 aromatic rings. The van der Waals surface area contributed by atoms with Crippen molar-refractivity contribution < 1.29 is 14.3 Å². The molecule has 0 aromatic heterocycles. The van der Waals surface area contributed by atoms with Gasteiger partial charge in [-0.15, -0.1) is 0 Å². The van der Waals surface area contributed by atoms with Crippen LogP contribution in [-0.2, 0) is 17.9 Å². The molecule has 0 saturated carbocycles. The molecule has 1 saturated heterocycles. The molecule has 30 heavy (non-hydrogen) atoms. The van der Waals surface area contributed by atoms with Crippen LogP contribution in [0.15, 0.2) is 78.9 Å². The Morgan fingerprint density at radius 1 is 0.933 bits per heavy atom. The van der Waals surface area contributed by atoms with E-state index in [0.29, 0.717) is 30.9 Å². The molecule has 1 heterocycles. The number of nitrogens with one attached hydrogen (secondary N) is 1. The maximum Gasteiger partial charge on any atom is 0.251 e. The van der Waals surface area contributed by atoms with E-state index in [2.05, 4.69) is 5.32 Å². The molecule has 1 fully saturated rings. The van der Waals surface area contributed by atoms with Crippen molar-refractivity contribution in [1.29, 1.82) is 0 Å². The number of rotatable bonds is 7. The van der Waals surface area contributed by atoms with Crippen LogP contribution < -0.4 is 15.0 Å². The zero-order chi connectivity index (χ0) is 20.8. The fraction of sp³-hybridized carbons (Fsp3) is 0.200. The molecule has 0 atom stereocenters. The smallest absolute Gasteiger partial charge is 0.251 e. The van der Waals surface area contributed by atoms with E-state index in [0.717, 1.165) is 29.8 Å². The summed E-state index contributed by atoms with van der Waals surface area (Å²) in [6, 6.07) is 24.8. The monoisotopic (exact) mass is 400 g/mol. The Morgan fingerprint density at radius 3 is 2.47 bits per heavy atom. The minimum Gasteiger partial charge on any atom is -0.489 e. The third-order valence-corrected chi connectivity index (χ3v) is 5.12. The third-order valence-electron chi connectivity index (χ3n) is 5.12. The van der Waals surface area contributed by atoms with Gasteiger partial charge in [0, 0.05) is 30.8 Å². The largest absolute Gasteiger partial charge is 0.489 e. The van der Waals surface area contributed by atoms with Gasteiger partial charge in [-0.25, -0.2) is 0 Å². The van der Waals surface area contributed by atoms with E-state index in [4.69, 9.17) is 4.74 Å². The summed E-state index contributed by atoms with van der Waals surface area (Å²) in [5.74, 6) is 0.676. The summed E-state index contributed by atoms with van der Waals surface area (Å²) >= 11 is 0. The Balaban J connectivity index is 1.32. The number of carbonyl (C=O) groups is 2. The van der Waals surface area contributed by atoms with Crippen LogP contribution in [-0.4, -0.2) is 18.4 Å². The summed E-state index contributed by atoms with van der Waals surface area (Å²) in [5.41, 5.74) is 3.53. The lowest BCUT2D eigenvalue weighted by molar-refractivity contribution is -0.117. The van der Waals surface area contributed by atoms with Crippen molar-refractivity contribution in [2.45, 2.75) is 26.0 Å². The molecule has 5 heteroatoms. The Hall–Kier alpha value is -3.60. The van der Waals surface area contributed by atoms with Crippen LogP contribution in [0.5, 0.6) is 5.75 Å². The highest BCUT2D eigenvalue weighted by molar-refractivity contribution is 5.95. The SMILES string of the molecule is O=C(NCc1ccc(N2CCCC2=O)cc1)c1cccc(OCc2ccccc2)c1. The molecule has 0 radical (unpaired) electrons. The minimum atomic E-state index is -0.154. The summed E-state index contributed by atoms with van der Waals surface area (Å²) in [5, 5.41) is 2.94. The average Bonchev–Trinajstić information content (AvgIpc) is 3.23. The maximum absolute atomic E-state index is 12.5. The van der Waals surface area contributed by atoms with E-state index in [1.165, 1.54) is 0 Å². The van der Waals surface area contributed by atoms with Crippen LogP contribution in [0.1, 0.15) is 34.3 Å². The Kier molecular flexibility index (Phi) is 6.09. The Labute approximate surface area is 176 Å². The quantitative estimate of drug-likeness (QED) is 0.642. The predicted molar refractivity (Wildman–Crippen MR) is 116 cm³/mol. The highest BCUT2D eigenvalue weighted by atomic mass is 16.5. The average molecular weight is 400 g/mol. The minimum absolute atomic E-state index is 0.154. The first-order valence-corrected chi connectivity index (χ1v) is 10.1. The normalized spacial score (nSPS) is 13.3. The summed E-state index contributed by atoms with van der Waals surface area (Å²) < 4.78 is 5.80. The molecule has 152 valence electrons. The van der Waals surface area contributed by atoms with E-state index < -0.39 is 0 Å². The van der Waals surface area contributed by atoms with Crippen molar-refractivity contribution in [2.24, 2.45) is 0 Å². The van der Waals surface area contributed by atoms with Crippen LogP contribution in [0.25, 0.3) is 0 Å². The van der Waals surface area contributed by atoms with Gasteiger partial charge in [-0.3, -0.25) is 9.59 Å². The Morgan fingerprint density at radius 2 is 1.73 bits per heavy atom. The number of carbonyl (C=O) groups excluding carboxylic acids is 2. The lowest BCUT2D eigenvalue weighted by Crippen LogP contribution is -2.24. The molecule has 1 N–H and O–H groups in total. The van der Waals surface area contributed by atoms with Gasteiger partial charge in [0.25, 0.3) is 5.91 Å². The lowest BCUT2D eigenvalue weighted by atomic mass is 10.1. The number of hydrogen-bond acceptors (Lipinski definition) is 3. The molecule has 1 aliphatic rings. The van der Waals surface area contributed by atoms with Gasteiger partial charge in [-0.1, -0.05) is 48.5 Å². The fourth-order valence-electron chi connectivity index (χ4n) is 3.47. The van der Waals surface area contributed by atoms with Crippen molar-refractivity contribution in [3.8, 4) is 5.75 Å². The van der Waals surface area contributed by atoms with Crippen molar-refractivity contribution in [3.63, 3.8) is 0 Å².